The van der Waals surface area contributed by atoms with E-state index in [-0.39, 0.29) is 41.1 Å². The van der Waals surface area contributed by atoms with Gasteiger partial charge >= 0.3 is 0 Å². The van der Waals surface area contributed by atoms with Gasteiger partial charge in [0.25, 0.3) is 0 Å². The minimum absolute atomic E-state index is 0.0463. The molecule has 2 aromatic heterocycles. The number of hydrogen-bond donors (Lipinski definition) is 2. The Morgan fingerprint density at radius 3 is 2.73 bits per heavy atom. The number of fused-ring (bicyclic) bond motifs is 1. The van der Waals surface area contributed by atoms with Crippen LogP contribution in [0.1, 0.15) is 44.5 Å². The molecule has 2 N–H and O–H groups in total. The van der Waals surface area contributed by atoms with Gasteiger partial charge in [0.05, 0.1) is 47.4 Å². The fourth-order valence-electron chi connectivity index (χ4n) is 5.07. The lowest BCUT2D eigenvalue weighted by Gasteiger charge is -2.28. The number of anilines is 1. The Kier molecular flexibility index (Phi) is 7.14. The lowest BCUT2D eigenvalue weighted by atomic mass is 10.1. The van der Waals surface area contributed by atoms with E-state index in [0.717, 1.165) is 0 Å². The van der Waals surface area contributed by atoms with Crippen molar-refractivity contribution in [1.82, 2.24) is 23.8 Å². The molecule has 37 heavy (non-hydrogen) atoms. The zero-order chi connectivity index (χ0) is 26.5. The van der Waals surface area contributed by atoms with Crippen LogP contribution >= 0.6 is 11.6 Å². The summed E-state index contributed by atoms with van der Waals surface area (Å²) in [5.41, 5.74) is 1.62. The van der Waals surface area contributed by atoms with Crippen molar-refractivity contribution in [3.8, 4) is 11.3 Å². The van der Waals surface area contributed by atoms with Crippen LogP contribution in [0.4, 0.5) is 10.3 Å². The highest BCUT2D eigenvalue weighted by Crippen LogP contribution is 2.36. The topological polar surface area (TPSA) is 122 Å². The molecule has 0 saturated carbocycles. The SMILES string of the molecule is CC(C)n1c([C@@H]2CCN(S(C)(=O)=O)C2)nc2c(F)cc(-c3nc(N[C@@H]4CCOC[C@H]4O)ncc3Cl)cc21. The number of aliphatic hydroxyl groups is 1. The molecule has 13 heteroatoms. The molecule has 3 aromatic rings. The van der Waals surface area contributed by atoms with E-state index in [2.05, 4.69) is 20.3 Å². The second-order valence-corrected chi connectivity index (χ2v) is 12.3. The Bertz CT molecular complexity index is 1430. The van der Waals surface area contributed by atoms with Crippen LogP contribution < -0.4 is 5.32 Å². The summed E-state index contributed by atoms with van der Waals surface area (Å²) in [5.74, 6) is 0.277. The molecule has 3 atom stereocenters. The number of benzene rings is 1. The van der Waals surface area contributed by atoms with Crippen LogP contribution in [0, 0.1) is 5.82 Å². The van der Waals surface area contributed by atoms with E-state index in [0.29, 0.717) is 55.1 Å². The monoisotopic (exact) mass is 552 g/mol. The van der Waals surface area contributed by atoms with Gasteiger partial charge in [-0.1, -0.05) is 11.6 Å². The quantitative estimate of drug-likeness (QED) is 0.478. The summed E-state index contributed by atoms with van der Waals surface area (Å²) < 4.78 is 48.2. The van der Waals surface area contributed by atoms with Crippen molar-refractivity contribution in [3.63, 3.8) is 0 Å². The first-order valence-electron chi connectivity index (χ1n) is 12.2. The summed E-state index contributed by atoms with van der Waals surface area (Å²) in [6.07, 6.45) is 3.16. The molecule has 0 spiro atoms. The maximum Gasteiger partial charge on any atom is 0.223 e. The minimum atomic E-state index is -3.32. The Hall–Kier alpha value is -2.38. The van der Waals surface area contributed by atoms with Crippen LogP contribution in [0.3, 0.4) is 0 Å². The molecule has 10 nitrogen and oxygen atoms in total. The molecular weight excluding hydrogens is 523 g/mol. The molecule has 0 amide bonds. The van der Waals surface area contributed by atoms with E-state index in [4.69, 9.17) is 16.3 Å². The Morgan fingerprint density at radius 2 is 2.05 bits per heavy atom. The van der Waals surface area contributed by atoms with Crippen molar-refractivity contribution >= 4 is 38.6 Å². The van der Waals surface area contributed by atoms with E-state index in [1.54, 1.807) is 6.07 Å². The normalized spacial score (nSPS) is 23.3. The summed E-state index contributed by atoms with van der Waals surface area (Å²) in [6, 6.07) is 2.84. The van der Waals surface area contributed by atoms with Gasteiger partial charge in [0.2, 0.25) is 16.0 Å². The highest BCUT2D eigenvalue weighted by atomic mass is 35.5. The summed E-state index contributed by atoms with van der Waals surface area (Å²) >= 11 is 6.45. The zero-order valence-corrected chi connectivity index (χ0v) is 22.4. The van der Waals surface area contributed by atoms with E-state index >= 15 is 4.39 Å². The first kappa shape index (κ1) is 26.2. The van der Waals surface area contributed by atoms with Crippen molar-refractivity contribution < 1.29 is 22.7 Å². The number of halogens is 2. The van der Waals surface area contributed by atoms with E-state index in [1.807, 2.05) is 18.4 Å². The first-order chi connectivity index (χ1) is 17.5. The van der Waals surface area contributed by atoms with Crippen LogP contribution in [0.5, 0.6) is 0 Å². The number of nitrogens with zero attached hydrogens (tertiary/aromatic N) is 5. The van der Waals surface area contributed by atoms with Crippen LogP contribution in [-0.2, 0) is 14.8 Å². The molecule has 0 radical (unpaired) electrons. The largest absolute Gasteiger partial charge is 0.389 e. The van der Waals surface area contributed by atoms with Crippen LogP contribution in [0.2, 0.25) is 5.02 Å². The second kappa shape index (κ2) is 10.1. The van der Waals surface area contributed by atoms with Gasteiger partial charge < -0.3 is 19.7 Å². The van der Waals surface area contributed by atoms with Crippen LogP contribution in [0.15, 0.2) is 18.3 Å². The van der Waals surface area contributed by atoms with Crippen LogP contribution in [-0.4, -0.2) is 82.1 Å². The summed E-state index contributed by atoms with van der Waals surface area (Å²) in [7, 11) is -3.32. The molecule has 2 fully saturated rings. The number of ether oxygens (including phenoxy) is 1. The Morgan fingerprint density at radius 1 is 1.27 bits per heavy atom. The average molecular weight is 553 g/mol. The van der Waals surface area contributed by atoms with Gasteiger partial charge in [0.1, 0.15) is 11.3 Å². The maximum absolute atomic E-state index is 15.5. The standard InChI is InChI=1S/C24H30ClFN6O4S/c1-13(2)32-19-9-15(21-16(25)10-27-24(30-21)28-18-5-7-36-12-20(18)33)8-17(26)22(19)29-23(32)14-4-6-31(11-14)37(3,34)35/h8-10,13-14,18,20,33H,4-7,11-12H2,1-3H3,(H,27,28,30)/t14-,18-,20-/m1/s1. The lowest BCUT2D eigenvalue weighted by molar-refractivity contribution is -0.0136. The van der Waals surface area contributed by atoms with Crippen molar-refractivity contribution in [3.05, 3.63) is 35.0 Å². The number of imidazole rings is 1. The third kappa shape index (κ3) is 5.17. The zero-order valence-electron chi connectivity index (χ0n) is 20.9. The number of rotatable bonds is 6. The fourth-order valence-corrected chi connectivity index (χ4v) is 6.16. The molecule has 2 aliphatic rings. The van der Waals surface area contributed by atoms with Gasteiger partial charge in [0, 0.05) is 37.2 Å². The van der Waals surface area contributed by atoms with Gasteiger partial charge in [0.15, 0.2) is 5.82 Å². The van der Waals surface area contributed by atoms with E-state index < -0.39 is 21.9 Å². The van der Waals surface area contributed by atoms with Crippen molar-refractivity contribution in [2.24, 2.45) is 0 Å². The smallest absolute Gasteiger partial charge is 0.223 e. The fraction of sp³-hybridized carbons (Fsp3) is 0.542. The molecule has 1 aromatic carbocycles. The molecule has 2 saturated heterocycles. The highest BCUT2D eigenvalue weighted by molar-refractivity contribution is 7.88. The maximum atomic E-state index is 15.5. The summed E-state index contributed by atoms with van der Waals surface area (Å²) in [5, 5.41) is 13.6. The molecular formula is C24H30ClFN6O4S. The molecule has 0 unspecified atom stereocenters. The second-order valence-electron chi connectivity index (χ2n) is 9.94. The van der Waals surface area contributed by atoms with Crippen LogP contribution in [0.25, 0.3) is 22.3 Å². The van der Waals surface area contributed by atoms with Gasteiger partial charge in [-0.3, -0.25) is 0 Å². The predicted molar refractivity (Wildman–Crippen MR) is 139 cm³/mol. The number of nitrogens with one attached hydrogen (secondary N) is 1. The predicted octanol–water partition coefficient (Wildman–Crippen LogP) is 3.18. The number of sulfonamides is 1. The van der Waals surface area contributed by atoms with Crippen molar-refractivity contribution in [1.29, 1.82) is 0 Å². The number of aromatic nitrogens is 4. The molecule has 0 aliphatic carbocycles. The summed E-state index contributed by atoms with van der Waals surface area (Å²) in [4.78, 5) is 13.4. The Labute approximate surface area is 219 Å². The summed E-state index contributed by atoms with van der Waals surface area (Å²) in [6.45, 7) is 5.43. The first-order valence-corrected chi connectivity index (χ1v) is 14.5. The van der Waals surface area contributed by atoms with E-state index in [9.17, 15) is 13.5 Å². The van der Waals surface area contributed by atoms with Gasteiger partial charge in [-0.05, 0) is 38.8 Å². The lowest BCUT2D eigenvalue weighted by Crippen LogP contribution is -2.42. The van der Waals surface area contributed by atoms with E-state index in [1.165, 1.54) is 22.8 Å². The minimum Gasteiger partial charge on any atom is -0.389 e. The van der Waals surface area contributed by atoms with Gasteiger partial charge in [-0.15, -0.1) is 0 Å². The third-order valence-electron chi connectivity index (χ3n) is 6.94. The average Bonchev–Trinajstić information content (AvgIpc) is 3.47. The number of hydrogen-bond acceptors (Lipinski definition) is 8. The Balaban J connectivity index is 1.54. The molecule has 200 valence electrons. The molecule has 4 heterocycles. The van der Waals surface area contributed by atoms with Gasteiger partial charge in [-0.2, -0.15) is 0 Å². The molecule has 5 rings (SSSR count). The molecule has 2 aliphatic heterocycles. The number of aliphatic hydroxyl groups excluding tert-OH is 1. The van der Waals surface area contributed by atoms with Crippen molar-refractivity contribution in [2.45, 2.75) is 50.8 Å². The third-order valence-corrected chi connectivity index (χ3v) is 8.48. The van der Waals surface area contributed by atoms with Crippen molar-refractivity contribution in [2.75, 3.05) is 37.9 Å². The molecule has 0 bridgehead atoms. The highest BCUT2D eigenvalue weighted by Gasteiger charge is 2.34. The van der Waals surface area contributed by atoms with Gasteiger partial charge in [-0.25, -0.2) is 32.1 Å².